The van der Waals surface area contributed by atoms with Crippen molar-refractivity contribution in [1.29, 1.82) is 0 Å². The molecule has 4 saturated heterocycles. The zero-order valence-electron chi connectivity index (χ0n) is 22.2. The quantitative estimate of drug-likeness (QED) is 0.365. The Kier molecular flexibility index (Phi) is 7.11. The molecule has 0 radical (unpaired) electrons. The molecule has 5 aliphatic rings. The Balaban J connectivity index is 1.29. The van der Waals surface area contributed by atoms with Crippen LogP contribution in [0.4, 0.5) is 0 Å². The Hall–Kier alpha value is -1.71. The predicted molar refractivity (Wildman–Crippen MR) is 129 cm³/mol. The van der Waals surface area contributed by atoms with Crippen molar-refractivity contribution in [2.24, 2.45) is 23.7 Å². The second-order valence-corrected chi connectivity index (χ2v) is 11.1. The first-order valence-electron chi connectivity index (χ1n) is 13.5. The summed E-state index contributed by atoms with van der Waals surface area (Å²) in [6, 6.07) is 7.59. The minimum absolute atomic E-state index is 0.112. The molecule has 2 bridgehead atoms. The Bertz CT molecular complexity index is 936. The van der Waals surface area contributed by atoms with Crippen LogP contribution in [0.15, 0.2) is 24.3 Å². The molecule has 4 aliphatic heterocycles. The molecule has 4 heterocycles. The molecule has 0 N–H and O–H groups in total. The van der Waals surface area contributed by atoms with Crippen LogP contribution < -0.4 is 4.74 Å². The molecular weight excluding hydrogens is 464 g/mol. The molecule has 0 aromatic heterocycles. The van der Waals surface area contributed by atoms with Crippen LogP contribution >= 0.6 is 0 Å². The van der Waals surface area contributed by atoms with Gasteiger partial charge in [-0.15, -0.1) is 0 Å². The second-order valence-electron chi connectivity index (χ2n) is 11.1. The Labute approximate surface area is 213 Å². The van der Waals surface area contributed by atoms with Gasteiger partial charge in [-0.3, -0.25) is 0 Å². The number of fused-ring (bicyclic) bond motifs is 2. The summed E-state index contributed by atoms with van der Waals surface area (Å²) >= 11 is 0. The number of carbonyl (C=O) groups is 1. The molecule has 1 aromatic rings. The van der Waals surface area contributed by atoms with E-state index in [0.717, 1.165) is 31.2 Å². The van der Waals surface area contributed by atoms with E-state index in [2.05, 4.69) is 13.8 Å². The molecule has 36 heavy (non-hydrogen) atoms. The number of benzene rings is 1. The van der Waals surface area contributed by atoms with E-state index in [1.807, 2.05) is 38.1 Å². The van der Waals surface area contributed by atoms with Crippen LogP contribution in [0.5, 0.6) is 5.75 Å². The highest BCUT2D eigenvalue weighted by Crippen LogP contribution is 2.60. The van der Waals surface area contributed by atoms with E-state index in [9.17, 15) is 4.79 Å². The first-order valence-corrected chi connectivity index (χ1v) is 13.5. The van der Waals surface area contributed by atoms with E-state index in [-0.39, 0.29) is 23.9 Å². The number of rotatable bonds is 7. The summed E-state index contributed by atoms with van der Waals surface area (Å²) in [7, 11) is 0. The van der Waals surface area contributed by atoms with Crippen molar-refractivity contribution in [3.8, 4) is 5.75 Å². The molecule has 5 fully saturated rings. The maximum Gasteiger partial charge on any atom is 0.347 e. The molecule has 6 rings (SSSR count). The van der Waals surface area contributed by atoms with Gasteiger partial charge in [0.15, 0.2) is 24.3 Å². The molecule has 8 heteroatoms. The van der Waals surface area contributed by atoms with Crippen molar-refractivity contribution in [3.05, 3.63) is 29.8 Å². The molecule has 1 saturated carbocycles. The standard InChI is InChI=1S/C28H40O8/c1-7-30-24(29)19(5)31-21-11-9-20(10-12-21)18(4)32-25-17(3)23-13-8-16(2)22-14-15-27(6)34-26(33-25)28(22,23)36-35-27/h9-12,16-19,22-23,25-26H,7-8,13-15H2,1-6H3/t16-,17-,18?,19?,22?,23?,25?,26?,27?,28-/m1/s1. The van der Waals surface area contributed by atoms with Gasteiger partial charge in [-0.2, -0.15) is 0 Å². The molecule has 8 nitrogen and oxygen atoms in total. The molecule has 1 aliphatic carbocycles. The van der Waals surface area contributed by atoms with Gasteiger partial charge in [-0.05, 0) is 76.5 Å². The minimum atomic E-state index is -0.801. The summed E-state index contributed by atoms with van der Waals surface area (Å²) in [5.74, 6) is 0.610. The normalized spacial score (nSPS) is 41.1. The minimum Gasteiger partial charge on any atom is -0.479 e. The van der Waals surface area contributed by atoms with Crippen LogP contribution in [-0.2, 0) is 33.5 Å². The second kappa shape index (κ2) is 9.87. The van der Waals surface area contributed by atoms with E-state index in [0.29, 0.717) is 24.2 Å². The summed E-state index contributed by atoms with van der Waals surface area (Å²) < 4.78 is 30.2. The Morgan fingerprint density at radius 2 is 1.83 bits per heavy atom. The van der Waals surface area contributed by atoms with Gasteiger partial charge < -0.3 is 23.7 Å². The number of esters is 1. The highest BCUT2D eigenvalue weighted by molar-refractivity contribution is 5.74. The van der Waals surface area contributed by atoms with Crippen molar-refractivity contribution in [1.82, 2.24) is 0 Å². The topological polar surface area (TPSA) is 81.7 Å². The van der Waals surface area contributed by atoms with Crippen LogP contribution in [0.25, 0.3) is 0 Å². The van der Waals surface area contributed by atoms with Gasteiger partial charge in [0.1, 0.15) is 5.75 Å². The van der Waals surface area contributed by atoms with Crippen LogP contribution in [0, 0.1) is 23.7 Å². The highest BCUT2D eigenvalue weighted by Gasteiger charge is 2.69. The third-order valence-electron chi connectivity index (χ3n) is 8.72. The first kappa shape index (κ1) is 25.9. The zero-order chi connectivity index (χ0) is 25.7. The average Bonchev–Trinajstić information content (AvgIpc) is 3.08. The average molecular weight is 505 g/mol. The van der Waals surface area contributed by atoms with E-state index in [1.54, 1.807) is 13.8 Å². The molecule has 7 unspecified atom stereocenters. The summed E-state index contributed by atoms with van der Waals surface area (Å²) in [5.41, 5.74) is 0.400. The summed E-state index contributed by atoms with van der Waals surface area (Å²) in [4.78, 5) is 24.0. The van der Waals surface area contributed by atoms with Crippen molar-refractivity contribution in [2.75, 3.05) is 6.61 Å². The smallest absolute Gasteiger partial charge is 0.347 e. The van der Waals surface area contributed by atoms with E-state index in [1.165, 1.54) is 0 Å². The fourth-order valence-corrected chi connectivity index (χ4v) is 6.64. The molecule has 10 atom stereocenters. The monoisotopic (exact) mass is 504 g/mol. The Morgan fingerprint density at radius 3 is 2.56 bits per heavy atom. The SMILES string of the molecule is CCOC(=O)C(C)Oc1ccc(C(C)OC2OC3OC4(C)CCC5[C@H](C)CCC([C@H]2C)[C@@]35OO4)cc1. The van der Waals surface area contributed by atoms with Gasteiger partial charge in [0.05, 0.1) is 12.7 Å². The maximum absolute atomic E-state index is 11.8. The summed E-state index contributed by atoms with van der Waals surface area (Å²) in [5, 5.41) is 0. The highest BCUT2D eigenvalue weighted by atomic mass is 17.3. The predicted octanol–water partition coefficient (Wildman–Crippen LogP) is 5.30. The summed E-state index contributed by atoms with van der Waals surface area (Å²) in [6.45, 7) is 12.2. The van der Waals surface area contributed by atoms with Gasteiger partial charge in [-0.25, -0.2) is 14.6 Å². The molecular formula is C28H40O8. The summed E-state index contributed by atoms with van der Waals surface area (Å²) in [6.07, 6.45) is 2.15. The maximum atomic E-state index is 11.8. The largest absolute Gasteiger partial charge is 0.479 e. The lowest BCUT2D eigenvalue weighted by Gasteiger charge is -2.60. The van der Waals surface area contributed by atoms with Crippen molar-refractivity contribution in [2.45, 2.75) is 103 Å². The Morgan fingerprint density at radius 1 is 1.08 bits per heavy atom. The zero-order valence-corrected chi connectivity index (χ0v) is 22.2. The lowest BCUT2D eigenvalue weighted by atomic mass is 9.58. The number of hydrogen-bond donors (Lipinski definition) is 0. The lowest BCUT2D eigenvalue weighted by Crippen LogP contribution is -2.70. The first-order chi connectivity index (χ1) is 17.2. The van der Waals surface area contributed by atoms with Gasteiger partial charge in [-0.1, -0.05) is 26.0 Å². The van der Waals surface area contributed by atoms with Gasteiger partial charge in [0, 0.05) is 18.3 Å². The number of ether oxygens (including phenoxy) is 5. The van der Waals surface area contributed by atoms with Crippen LogP contribution in [0.2, 0.25) is 0 Å². The van der Waals surface area contributed by atoms with Crippen molar-refractivity contribution < 1.29 is 38.3 Å². The van der Waals surface area contributed by atoms with E-state index in [4.69, 9.17) is 33.5 Å². The number of hydrogen-bond acceptors (Lipinski definition) is 8. The van der Waals surface area contributed by atoms with E-state index >= 15 is 0 Å². The van der Waals surface area contributed by atoms with Crippen molar-refractivity contribution >= 4 is 5.97 Å². The van der Waals surface area contributed by atoms with Crippen molar-refractivity contribution in [3.63, 3.8) is 0 Å². The van der Waals surface area contributed by atoms with Gasteiger partial charge >= 0.3 is 5.97 Å². The number of carbonyl (C=O) groups excluding carboxylic acids is 1. The fraction of sp³-hybridized carbons (Fsp3) is 0.750. The third-order valence-corrected chi connectivity index (χ3v) is 8.72. The van der Waals surface area contributed by atoms with Crippen LogP contribution in [-0.4, -0.2) is 42.6 Å². The molecule has 1 spiro atoms. The molecule has 1 aromatic carbocycles. The molecule has 0 amide bonds. The lowest BCUT2D eigenvalue weighted by molar-refractivity contribution is -0.578. The van der Waals surface area contributed by atoms with Gasteiger partial charge in [0.25, 0.3) is 0 Å². The van der Waals surface area contributed by atoms with E-state index < -0.39 is 30.1 Å². The van der Waals surface area contributed by atoms with Crippen LogP contribution in [0.1, 0.15) is 78.9 Å². The molecule has 200 valence electrons. The van der Waals surface area contributed by atoms with Gasteiger partial charge in [0.2, 0.25) is 5.79 Å². The fourth-order valence-electron chi connectivity index (χ4n) is 6.64. The third kappa shape index (κ3) is 4.45. The van der Waals surface area contributed by atoms with Crippen LogP contribution in [0.3, 0.4) is 0 Å².